The Balaban J connectivity index is 2.31. The van der Waals surface area contributed by atoms with Crippen molar-refractivity contribution in [3.05, 3.63) is 0 Å². The Labute approximate surface area is 36.3 Å². The molecule has 1 aliphatic heterocycles. The topological polar surface area (TPSA) is 61.3 Å². The highest BCUT2D eigenvalue weighted by molar-refractivity contribution is 4.82. The van der Waals surface area contributed by atoms with Gasteiger partial charge in [0.05, 0.1) is 13.2 Å². The van der Waals surface area contributed by atoms with Crippen LogP contribution in [0.3, 0.4) is 0 Å². The zero-order chi connectivity index (χ0) is 4.62. The van der Waals surface area contributed by atoms with Crippen LogP contribution in [-0.2, 0) is 4.74 Å². The van der Waals surface area contributed by atoms with E-state index in [2.05, 4.69) is 4.74 Å². The van der Waals surface area contributed by atoms with Gasteiger partial charge in [0.1, 0.15) is 5.66 Å². The first kappa shape index (κ1) is 4.05. The molecule has 0 amide bonds. The number of hydrogen-bond donors (Lipinski definition) is 2. The number of ether oxygens (including phenoxy) is 1. The molecule has 0 aromatic carbocycles. The fourth-order valence-corrected chi connectivity index (χ4v) is 0.338. The quantitative estimate of drug-likeness (QED) is 0.359. The van der Waals surface area contributed by atoms with Gasteiger partial charge in [-0.3, -0.25) is 0 Å². The van der Waals surface area contributed by atoms with Gasteiger partial charge in [0.15, 0.2) is 0 Å². The molecule has 1 saturated heterocycles. The van der Waals surface area contributed by atoms with Gasteiger partial charge < -0.3 is 16.2 Å². The Morgan fingerprint density at radius 1 is 1.33 bits per heavy atom. The summed E-state index contributed by atoms with van der Waals surface area (Å²) < 4.78 is 4.69. The van der Waals surface area contributed by atoms with Gasteiger partial charge in [0.2, 0.25) is 0 Å². The predicted octanol–water partition coefficient (Wildman–Crippen LogP) is -1.37. The van der Waals surface area contributed by atoms with E-state index in [0.29, 0.717) is 13.2 Å². The summed E-state index contributed by atoms with van der Waals surface area (Å²) in [4.78, 5) is 0. The zero-order valence-electron chi connectivity index (χ0n) is 3.48. The Morgan fingerprint density at radius 2 is 1.67 bits per heavy atom. The van der Waals surface area contributed by atoms with Crippen molar-refractivity contribution in [1.82, 2.24) is 0 Å². The predicted molar refractivity (Wildman–Crippen MR) is 21.9 cm³/mol. The highest BCUT2D eigenvalue weighted by atomic mass is 16.5. The SMILES string of the molecule is NC1(N)COC1. The molecule has 3 nitrogen and oxygen atoms in total. The minimum atomic E-state index is -0.500. The van der Waals surface area contributed by atoms with E-state index in [9.17, 15) is 0 Å². The molecular formula is C3H8N2O. The van der Waals surface area contributed by atoms with E-state index in [0.717, 1.165) is 0 Å². The summed E-state index contributed by atoms with van der Waals surface area (Å²) in [6.07, 6.45) is 0. The summed E-state index contributed by atoms with van der Waals surface area (Å²) in [7, 11) is 0. The molecule has 1 rings (SSSR count). The molecular weight excluding hydrogens is 80.0 g/mol. The lowest BCUT2D eigenvalue weighted by Crippen LogP contribution is -2.64. The number of nitrogens with two attached hydrogens (primary N) is 2. The normalized spacial score (nSPS) is 29.0. The Hall–Kier alpha value is -0.120. The average Bonchev–Trinajstić information content (AvgIpc) is 1.32. The molecule has 0 aliphatic carbocycles. The minimum absolute atomic E-state index is 0.500. The zero-order valence-corrected chi connectivity index (χ0v) is 3.48. The number of hydrogen-bond acceptors (Lipinski definition) is 3. The smallest absolute Gasteiger partial charge is 0.112 e. The molecule has 0 unspecified atom stereocenters. The highest BCUT2D eigenvalue weighted by Gasteiger charge is 2.28. The van der Waals surface area contributed by atoms with Gasteiger partial charge in [-0.2, -0.15) is 0 Å². The van der Waals surface area contributed by atoms with Crippen LogP contribution in [-0.4, -0.2) is 18.9 Å². The largest absolute Gasteiger partial charge is 0.375 e. The molecule has 0 spiro atoms. The Bertz CT molecular complexity index is 55.8. The van der Waals surface area contributed by atoms with Crippen LogP contribution in [0.5, 0.6) is 0 Å². The lowest BCUT2D eigenvalue weighted by atomic mass is 10.2. The van der Waals surface area contributed by atoms with Crippen molar-refractivity contribution in [3.63, 3.8) is 0 Å². The highest BCUT2D eigenvalue weighted by Crippen LogP contribution is 2.03. The van der Waals surface area contributed by atoms with Crippen molar-refractivity contribution < 1.29 is 4.74 Å². The molecule has 0 aromatic heterocycles. The maximum absolute atomic E-state index is 5.27. The first-order valence-electron chi connectivity index (χ1n) is 1.86. The fraction of sp³-hybridized carbons (Fsp3) is 1.00. The van der Waals surface area contributed by atoms with Crippen LogP contribution in [0, 0.1) is 0 Å². The van der Waals surface area contributed by atoms with Crippen LogP contribution in [0.2, 0.25) is 0 Å². The maximum atomic E-state index is 5.27. The van der Waals surface area contributed by atoms with Crippen LogP contribution in [0.4, 0.5) is 0 Å². The average molecular weight is 88.1 g/mol. The summed E-state index contributed by atoms with van der Waals surface area (Å²) in [5, 5.41) is 0. The van der Waals surface area contributed by atoms with Gasteiger partial charge in [-0.25, -0.2) is 0 Å². The second kappa shape index (κ2) is 0.932. The summed E-state index contributed by atoms with van der Waals surface area (Å²) >= 11 is 0. The fourth-order valence-electron chi connectivity index (χ4n) is 0.338. The molecule has 0 saturated carbocycles. The van der Waals surface area contributed by atoms with Crippen molar-refractivity contribution in [2.75, 3.05) is 13.2 Å². The van der Waals surface area contributed by atoms with Gasteiger partial charge in [-0.15, -0.1) is 0 Å². The molecule has 0 atom stereocenters. The van der Waals surface area contributed by atoms with E-state index >= 15 is 0 Å². The van der Waals surface area contributed by atoms with E-state index in [1.54, 1.807) is 0 Å². The van der Waals surface area contributed by atoms with E-state index < -0.39 is 5.66 Å². The molecule has 1 aliphatic rings. The van der Waals surface area contributed by atoms with Crippen LogP contribution in [0.1, 0.15) is 0 Å². The summed E-state index contributed by atoms with van der Waals surface area (Å²) in [6.45, 7) is 1.01. The second-order valence-corrected chi connectivity index (χ2v) is 1.73. The third-order valence-electron chi connectivity index (χ3n) is 0.742. The van der Waals surface area contributed by atoms with E-state index in [4.69, 9.17) is 11.5 Å². The molecule has 36 valence electrons. The van der Waals surface area contributed by atoms with E-state index in [1.807, 2.05) is 0 Å². The van der Waals surface area contributed by atoms with Gasteiger partial charge in [0, 0.05) is 0 Å². The van der Waals surface area contributed by atoms with Crippen molar-refractivity contribution in [2.24, 2.45) is 11.5 Å². The maximum Gasteiger partial charge on any atom is 0.112 e. The van der Waals surface area contributed by atoms with Crippen LogP contribution in [0.15, 0.2) is 0 Å². The third kappa shape index (κ3) is 0.518. The van der Waals surface area contributed by atoms with Crippen LogP contribution in [0.25, 0.3) is 0 Å². The monoisotopic (exact) mass is 88.1 g/mol. The molecule has 0 bridgehead atoms. The Morgan fingerprint density at radius 3 is 1.67 bits per heavy atom. The minimum Gasteiger partial charge on any atom is -0.375 e. The molecule has 1 heterocycles. The van der Waals surface area contributed by atoms with E-state index in [1.165, 1.54) is 0 Å². The molecule has 3 heteroatoms. The summed E-state index contributed by atoms with van der Waals surface area (Å²) in [6, 6.07) is 0. The molecule has 4 N–H and O–H groups in total. The van der Waals surface area contributed by atoms with Crippen molar-refractivity contribution >= 4 is 0 Å². The second-order valence-electron chi connectivity index (χ2n) is 1.73. The van der Waals surface area contributed by atoms with Gasteiger partial charge in [-0.1, -0.05) is 0 Å². The van der Waals surface area contributed by atoms with Crippen LogP contribution >= 0.6 is 0 Å². The summed E-state index contributed by atoms with van der Waals surface area (Å²) in [5.74, 6) is 0. The standard InChI is InChI=1S/C3H8N2O/c4-3(5)1-6-2-3/h1-2,4-5H2. The lowest BCUT2D eigenvalue weighted by Gasteiger charge is -2.33. The van der Waals surface area contributed by atoms with E-state index in [-0.39, 0.29) is 0 Å². The van der Waals surface area contributed by atoms with Crippen LogP contribution < -0.4 is 11.5 Å². The first-order valence-corrected chi connectivity index (χ1v) is 1.86. The van der Waals surface area contributed by atoms with Gasteiger partial charge >= 0.3 is 0 Å². The van der Waals surface area contributed by atoms with Crippen molar-refractivity contribution in [1.29, 1.82) is 0 Å². The first-order chi connectivity index (χ1) is 2.71. The molecule has 0 radical (unpaired) electrons. The Kier molecular flexibility index (Phi) is 0.629. The van der Waals surface area contributed by atoms with Crippen molar-refractivity contribution in [3.8, 4) is 0 Å². The molecule has 0 aromatic rings. The van der Waals surface area contributed by atoms with Gasteiger partial charge in [-0.05, 0) is 0 Å². The molecule has 6 heavy (non-hydrogen) atoms. The number of rotatable bonds is 0. The van der Waals surface area contributed by atoms with Gasteiger partial charge in [0.25, 0.3) is 0 Å². The third-order valence-corrected chi connectivity index (χ3v) is 0.742. The summed E-state index contributed by atoms with van der Waals surface area (Å²) in [5.41, 5.74) is 10.0. The molecule has 1 fully saturated rings. The van der Waals surface area contributed by atoms with Crippen molar-refractivity contribution in [2.45, 2.75) is 5.66 Å². The lowest BCUT2D eigenvalue weighted by molar-refractivity contribution is -0.0499.